The van der Waals surface area contributed by atoms with Crippen LogP contribution in [0.15, 0.2) is 53.4 Å². The van der Waals surface area contributed by atoms with Crippen LogP contribution in [0.5, 0.6) is 0 Å². The number of hydrogen-bond donors (Lipinski definition) is 2. The Morgan fingerprint density at radius 3 is 2.36 bits per heavy atom. The molecule has 0 spiro atoms. The molecule has 0 bridgehead atoms. The molecule has 7 nitrogen and oxygen atoms in total. The Morgan fingerprint density at radius 1 is 1.00 bits per heavy atom. The number of nitrogens with zero attached hydrogens (tertiary/aromatic N) is 2. The number of para-hydroxylation sites is 1. The van der Waals surface area contributed by atoms with Crippen LogP contribution in [-0.2, 0) is 16.6 Å². The number of piperazine rings is 1. The molecule has 1 aliphatic heterocycles. The van der Waals surface area contributed by atoms with Crippen LogP contribution in [0.25, 0.3) is 0 Å². The molecule has 1 saturated heterocycles. The number of amides is 2. The molecule has 1 atom stereocenters. The first-order valence-corrected chi connectivity index (χ1v) is 14.8. The van der Waals surface area contributed by atoms with Crippen molar-refractivity contribution in [3.63, 3.8) is 0 Å². The zero-order valence-electron chi connectivity index (χ0n) is 21.0. The molecule has 1 heterocycles. The standard InChI is InChI=1S/C27H37ClN4O3S/c1-21(22-7-3-2-4-8-22)19-29-20-23-9-5-6-10-26(23)30-27(33)31-15-17-32(18-16-31)36(34,35)25-13-11-24(28)12-14-25/h5-6,9-14,21-22,29H,2-4,7-8,15-20H2,1H3,(H,30,33). The van der Waals surface area contributed by atoms with Gasteiger partial charge in [-0.2, -0.15) is 4.31 Å². The van der Waals surface area contributed by atoms with E-state index in [1.165, 1.54) is 48.5 Å². The van der Waals surface area contributed by atoms with Crippen molar-refractivity contribution in [3.8, 4) is 0 Å². The van der Waals surface area contributed by atoms with Gasteiger partial charge in [0.15, 0.2) is 0 Å². The molecule has 2 fully saturated rings. The lowest BCUT2D eigenvalue weighted by atomic mass is 9.81. The number of rotatable bonds is 8. The minimum atomic E-state index is -3.61. The van der Waals surface area contributed by atoms with Gasteiger partial charge in [0.2, 0.25) is 10.0 Å². The van der Waals surface area contributed by atoms with Gasteiger partial charge in [-0.15, -0.1) is 0 Å². The highest BCUT2D eigenvalue weighted by Crippen LogP contribution is 2.29. The van der Waals surface area contributed by atoms with E-state index < -0.39 is 10.0 Å². The van der Waals surface area contributed by atoms with E-state index in [4.69, 9.17) is 11.6 Å². The summed E-state index contributed by atoms with van der Waals surface area (Å²) in [6.45, 7) is 5.16. The van der Waals surface area contributed by atoms with Gasteiger partial charge in [0.1, 0.15) is 0 Å². The largest absolute Gasteiger partial charge is 0.322 e. The fourth-order valence-corrected chi connectivity index (χ4v) is 6.73. The van der Waals surface area contributed by atoms with E-state index >= 15 is 0 Å². The van der Waals surface area contributed by atoms with E-state index in [2.05, 4.69) is 17.6 Å². The molecule has 2 N–H and O–H groups in total. The molecule has 1 unspecified atom stereocenters. The second-order valence-corrected chi connectivity index (χ2v) is 12.3. The van der Waals surface area contributed by atoms with Gasteiger partial charge in [-0.1, -0.05) is 68.8 Å². The highest BCUT2D eigenvalue weighted by molar-refractivity contribution is 7.89. The lowest BCUT2D eigenvalue weighted by Crippen LogP contribution is -2.51. The molecule has 36 heavy (non-hydrogen) atoms. The molecule has 4 rings (SSSR count). The maximum Gasteiger partial charge on any atom is 0.321 e. The Balaban J connectivity index is 1.28. The van der Waals surface area contributed by atoms with Crippen LogP contribution >= 0.6 is 11.6 Å². The van der Waals surface area contributed by atoms with E-state index in [1.54, 1.807) is 17.0 Å². The topological polar surface area (TPSA) is 81.8 Å². The van der Waals surface area contributed by atoms with Crippen LogP contribution in [0.3, 0.4) is 0 Å². The Morgan fingerprint density at radius 2 is 1.67 bits per heavy atom. The summed E-state index contributed by atoms with van der Waals surface area (Å²) in [5.41, 5.74) is 1.84. The molecule has 9 heteroatoms. The van der Waals surface area contributed by atoms with Crippen molar-refractivity contribution >= 4 is 33.3 Å². The van der Waals surface area contributed by atoms with E-state index in [-0.39, 0.29) is 24.0 Å². The molecule has 1 saturated carbocycles. The zero-order chi connectivity index (χ0) is 25.5. The lowest BCUT2D eigenvalue weighted by Gasteiger charge is -2.34. The third-order valence-corrected chi connectivity index (χ3v) is 9.64. The van der Waals surface area contributed by atoms with Crippen molar-refractivity contribution in [1.29, 1.82) is 0 Å². The second kappa shape index (κ2) is 12.4. The minimum absolute atomic E-state index is 0.207. The summed E-state index contributed by atoms with van der Waals surface area (Å²) in [4.78, 5) is 14.9. The number of urea groups is 1. The highest BCUT2D eigenvalue weighted by Gasteiger charge is 2.30. The number of anilines is 1. The van der Waals surface area contributed by atoms with Gasteiger partial charge in [0, 0.05) is 43.4 Å². The molecular weight excluding hydrogens is 496 g/mol. The summed E-state index contributed by atoms with van der Waals surface area (Å²) in [6, 6.07) is 13.8. The molecule has 2 aliphatic rings. The van der Waals surface area contributed by atoms with E-state index in [0.717, 1.165) is 23.7 Å². The van der Waals surface area contributed by atoms with Gasteiger partial charge in [-0.05, 0) is 54.3 Å². The summed E-state index contributed by atoms with van der Waals surface area (Å²) >= 11 is 5.89. The number of nitrogens with one attached hydrogen (secondary N) is 2. The maximum atomic E-state index is 13.0. The molecule has 196 valence electrons. The fraction of sp³-hybridized carbons (Fsp3) is 0.519. The van der Waals surface area contributed by atoms with Gasteiger partial charge < -0.3 is 15.5 Å². The third-order valence-electron chi connectivity index (χ3n) is 7.47. The smallest absolute Gasteiger partial charge is 0.321 e. The number of carbonyl (C=O) groups is 1. The van der Waals surface area contributed by atoms with Crippen LogP contribution in [0.1, 0.15) is 44.6 Å². The minimum Gasteiger partial charge on any atom is -0.322 e. The molecule has 2 amide bonds. The first kappa shape index (κ1) is 26.9. The van der Waals surface area contributed by atoms with Crippen molar-refractivity contribution in [1.82, 2.24) is 14.5 Å². The van der Waals surface area contributed by atoms with E-state index in [1.807, 2.05) is 24.3 Å². The Kier molecular flexibility index (Phi) is 9.28. The first-order valence-electron chi connectivity index (χ1n) is 12.9. The van der Waals surface area contributed by atoms with Crippen LogP contribution in [0.2, 0.25) is 5.02 Å². The lowest BCUT2D eigenvalue weighted by molar-refractivity contribution is 0.184. The summed E-state index contributed by atoms with van der Waals surface area (Å²) in [5.74, 6) is 1.45. The van der Waals surface area contributed by atoms with Crippen molar-refractivity contribution in [3.05, 3.63) is 59.1 Å². The van der Waals surface area contributed by atoms with Crippen LogP contribution < -0.4 is 10.6 Å². The fourth-order valence-electron chi connectivity index (χ4n) is 5.18. The maximum absolute atomic E-state index is 13.0. The summed E-state index contributed by atoms with van der Waals surface area (Å²) in [5, 5.41) is 7.11. The Labute approximate surface area is 220 Å². The number of sulfonamides is 1. The number of halogens is 1. The third kappa shape index (κ3) is 6.79. The zero-order valence-corrected chi connectivity index (χ0v) is 22.5. The molecule has 0 radical (unpaired) electrons. The average molecular weight is 533 g/mol. The Bertz CT molecular complexity index is 1110. The van der Waals surface area contributed by atoms with Crippen LogP contribution in [0.4, 0.5) is 10.5 Å². The van der Waals surface area contributed by atoms with Gasteiger partial charge in [0.05, 0.1) is 4.90 Å². The Hall–Kier alpha value is -2.13. The van der Waals surface area contributed by atoms with Crippen molar-refractivity contribution in [2.75, 3.05) is 38.0 Å². The van der Waals surface area contributed by atoms with Gasteiger partial charge in [-0.3, -0.25) is 0 Å². The summed E-state index contributed by atoms with van der Waals surface area (Å²) in [7, 11) is -3.61. The molecule has 2 aromatic carbocycles. The summed E-state index contributed by atoms with van der Waals surface area (Å²) in [6.07, 6.45) is 6.75. The molecular formula is C27H37ClN4O3S. The average Bonchev–Trinajstić information content (AvgIpc) is 2.90. The molecule has 2 aromatic rings. The molecule has 0 aromatic heterocycles. The van der Waals surface area contributed by atoms with Crippen molar-refractivity contribution in [2.45, 2.75) is 50.5 Å². The van der Waals surface area contributed by atoms with E-state index in [9.17, 15) is 13.2 Å². The molecule has 1 aliphatic carbocycles. The normalized spacial score (nSPS) is 18.7. The van der Waals surface area contributed by atoms with Gasteiger partial charge in [0.25, 0.3) is 0 Å². The second-order valence-electron chi connectivity index (χ2n) is 9.94. The SMILES string of the molecule is CC(CNCc1ccccc1NC(=O)N1CCN(S(=O)(=O)c2ccc(Cl)cc2)CC1)C1CCCCC1. The highest BCUT2D eigenvalue weighted by atomic mass is 35.5. The van der Waals surface area contributed by atoms with Crippen LogP contribution in [-0.4, -0.2) is 56.4 Å². The number of carbonyl (C=O) groups excluding carboxylic acids is 1. The first-order chi connectivity index (χ1) is 17.3. The van der Waals surface area contributed by atoms with Crippen molar-refractivity contribution < 1.29 is 13.2 Å². The van der Waals surface area contributed by atoms with Crippen molar-refractivity contribution in [2.24, 2.45) is 11.8 Å². The van der Waals surface area contributed by atoms with Crippen LogP contribution in [0, 0.1) is 11.8 Å². The number of hydrogen-bond acceptors (Lipinski definition) is 4. The van der Waals surface area contributed by atoms with Gasteiger partial charge in [-0.25, -0.2) is 13.2 Å². The predicted molar refractivity (Wildman–Crippen MR) is 145 cm³/mol. The monoisotopic (exact) mass is 532 g/mol. The predicted octanol–water partition coefficient (Wildman–Crippen LogP) is 5.18. The quantitative estimate of drug-likeness (QED) is 0.490. The number of benzene rings is 2. The van der Waals surface area contributed by atoms with E-state index in [0.29, 0.717) is 30.6 Å². The summed E-state index contributed by atoms with van der Waals surface area (Å²) < 4.78 is 27.3. The van der Waals surface area contributed by atoms with Gasteiger partial charge >= 0.3 is 6.03 Å².